The molecule has 28 heavy (non-hydrogen) atoms. The summed E-state index contributed by atoms with van der Waals surface area (Å²) < 4.78 is 13.0. The van der Waals surface area contributed by atoms with Gasteiger partial charge in [-0.2, -0.15) is 0 Å². The number of fused-ring (bicyclic) bond motifs is 5. The first kappa shape index (κ1) is 18.2. The van der Waals surface area contributed by atoms with E-state index in [1.807, 2.05) is 4.90 Å². The van der Waals surface area contributed by atoms with Crippen molar-refractivity contribution < 1.29 is 13.9 Å². The summed E-state index contributed by atoms with van der Waals surface area (Å²) in [5, 5.41) is 1.26. The van der Waals surface area contributed by atoms with Crippen LogP contribution in [0.15, 0.2) is 22.6 Å². The summed E-state index contributed by atoms with van der Waals surface area (Å²) in [5.74, 6) is 1.73. The molecule has 3 aliphatic rings. The van der Waals surface area contributed by atoms with Crippen LogP contribution in [0.2, 0.25) is 0 Å². The van der Waals surface area contributed by atoms with Gasteiger partial charge >= 0.3 is 0 Å². The summed E-state index contributed by atoms with van der Waals surface area (Å²) in [6, 6.07) is 6.54. The van der Waals surface area contributed by atoms with Gasteiger partial charge in [-0.1, -0.05) is 26.0 Å². The van der Waals surface area contributed by atoms with Crippen LogP contribution in [0.5, 0.6) is 0 Å². The van der Waals surface area contributed by atoms with Gasteiger partial charge in [-0.15, -0.1) is 0 Å². The highest BCUT2D eigenvalue weighted by atomic mass is 16.5. The second kappa shape index (κ2) is 6.09. The van der Waals surface area contributed by atoms with Gasteiger partial charge in [0.1, 0.15) is 17.4 Å². The normalized spacial score (nSPS) is 28.2. The molecule has 5 rings (SSSR count). The van der Waals surface area contributed by atoms with E-state index in [9.17, 15) is 4.79 Å². The van der Waals surface area contributed by atoms with Crippen molar-refractivity contribution in [2.75, 3.05) is 19.7 Å². The molecule has 2 aliphatic heterocycles. The number of benzene rings is 1. The molecule has 1 amide bonds. The van der Waals surface area contributed by atoms with Crippen LogP contribution in [-0.4, -0.2) is 30.5 Å². The molecule has 0 unspecified atom stereocenters. The maximum absolute atomic E-state index is 11.7. The van der Waals surface area contributed by atoms with Crippen LogP contribution in [0.4, 0.5) is 0 Å². The van der Waals surface area contributed by atoms with Crippen LogP contribution in [0.1, 0.15) is 63.0 Å². The lowest BCUT2D eigenvalue weighted by Crippen LogP contribution is -2.51. The number of likely N-dealkylation sites (tertiary alicyclic amines) is 1. The molecular formula is C24H31NO3. The molecule has 4 heteroatoms. The maximum Gasteiger partial charge on any atom is 0.219 e. The Hall–Kier alpha value is -1.81. The molecule has 1 aromatic heterocycles. The van der Waals surface area contributed by atoms with E-state index in [0.717, 1.165) is 50.3 Å². The third-order valence-electron chi connectivity index (χ3n) is 7.73. The number of ether oxygens (including phenoxy) is 1. The summed E-state index contributed by atoms with van der Waals surface area (Å²) in [5.41, 5.74) is 3.97. The van der Waals surface area contributed by atoms with E-state index in [1.165, 1.54) is 22.9 Å². The number of nitrogens with zero attached hydrogens (tertiary/aromatic N) is 1. The summed E-state index contributed by atoms with van der Waals surface area (Å²) in [7, 11) is 0. The van der Waals surface area contributed by atoms with Crippen LogP contribution in [0.3, 0.4) is 0 Å². The number of hydrogen-bond donors (Lipinski definition) is 0. The summed E-state index contributed by atoms with van der Waals surface area (Å²) in [6.45, 7) is 11.1. The summed E-state index contributed by atoms with van der Waals surface area (Å²) in [6.07, 6.45) is 4.38. The minimum absolute atomic E-state index is 0.0583. The average Bonchev–Trinajstić information content (AvgIpc) is 2.99. The van der Waals surface area contributed by atoms with E-state index in [4.69, 9.17) is 9.15 Å². The second-order valence-corrected chi connectivity index (χ2v) is 10.2. The maximum atomic E-state index is 11.7. The SMILES string of the molecule is CC(=O)N1CCC2(CC1)CO[C@@H]1c3oc4cc(C)ccc4c3CC(C)(C)[C@H]1C2. The first-order chi connectivity index (χ1) is 13.3. The molecule has 0 bridgehead atoms. The quantitative estimate of drug-likeness (QED) is 0.643. The van der Waals surface area contributed by atoms with Gasteiger partial charge in [-0.3, -0.25) is 4.79 Å². The molecular weight excluding hydrogens is 350 g/mol. The first-order valence-electron chi connectivity index (χ1n) is 10.7. The van der Waals surface area contributed by atoms with Crippen molar-refractivity contribution in [3.05, 3.63) is 35.1 Å². The minimum Gasteiger partial charge on any atom is -0.458 e. The lowest BCUT2D eigenvalue weighted by Gasteiger charge is -2.53. The molecule has 0 saturated carbocycles. The molecule has 2 fully saturated rings. The Morgan fingerprint density at radius 3 is 2.68 bits per heavy atom. The van der Waals surface area contributed by atoms with Crippen LogP contribution in [-0.2, 0) is 16.0 Å². The van der Waals surface area contributed by atoms with E-state index in [-0.39, 0.29) is 22.8 Å². The topological polar surface area (TPSA) is 42.7 Å². The van der Waals surface area contributed by atoms with Crippen molar-refractivity contribution >= 4 is 16.9 Å². The van der Waals surface area contributed by atoms with E-state index < -0.39 is 0 Å². The predicted molar refractivity (Wildman–Crippen MR) is 109 cm³/mol. The molecule has 2 aromatic rings. The number of rotatable bonds is 0. The third kappa shape index (κ3) is 2.72. The fourth-order valence-corrected chi connectivity index (χ4v) is 5.88. The van der Waals surface area contributed by atoms with E-state index in [1.54, 1.807) is 6.92 Å². The number of aryl methyl sites for hydroxylation is 1. The highest BCUT2D eigenvalue weighted by Gasteiger charge is 2.53. The Morgan fingerprint density at radius 2 is 1.96 bits per heavy atom. The Morgan fingerprint density at radius 1 is 1.21 bits per heavy atom. The molecule has 150 valence electrons. The minimum atomic E-state index is 0.0583. The molecule has 1 aliphatic carbocycles. The van der Waals surface area contributed by atoms with Gasteiger partial charge in [0, 0.05) is 31.0 Å². The molecule has 4 nitrogen and oxygen atoms in total. The first-order valence-corrected chi connectivity index (χ1v) is 10.7. The van der Waals surface area contributed by atoms with Crippen molar-refractivity contribution in [2.45, 2.75) is 59.5 Å². The van der Waals surface area contributed by atoms with Gasteiger partial charge in [0.15, 0.2) is 0 Å². The number of piperidine rings is 1. The molecule has 2 saturated heterocycles. The van der Waals surface area contributed by atoms with E-state index in [0.29, 0.717) is 5.92 Å². The fraction of sp³-hybridized carbons (Fsp3) is 0.625. The van der Waals surface area contributed by atoms with Gasteiger partial charge in [-0.05, 0) is 61.0 Å². The van der Waals surface area contributed by atoms with E-state index in [2.05, 4.69) is 39.0 Å². The number of carbonyl (C=O) groups is 1. The van der Waals surface area contributed by atoms with E-state index >= 15 is 0 Å². The molecule has 0 radical (unpaired) electrons. The fourth-order valence-electron chi connectivity index (χ4n) is 5.88. The van der Waals surface area contributed by atoms with Crippen LogP contribution < -0.4 is 0 Å². The Bertz CT molecular complexity index is 933. The van der Waals surface area contributed by atoms with Crippen molar-refractivity contribution in [1.82, 2.24) is 4.90 Å². The van der Waals surface area contributed by atoms with Crippen molar-refractivity contribution in [3.8, 4) is 0 Å². The molecule has 1 aromatic carbocycles. The average molecular weight is 382 g/mol. The van der Waals surface area contributed by atoms with Gasteiger partial charge in [0.2, 0.25) is 5.91 Å². The third-order valence-corrected chi connectivity index (χ3v) is 7.73. The molecule has 0 N–H and O–H groups in total. The Kier molecular flexibility index (Phi) is 3.97. The molecule has 3 heterocycles. The smallest absolute Gasteiger partial charge is 0.219 e. The number of carbonyl (C=O) groups excluding carboxylic acids is 1. The Labute approximate surface area is 167 Å². The zero-order valence-corrected chi connectivity index (χ0v) is 17.5. The van der Waals surface area contributed by atoms with Gasteiger partial charge in [-0.25, -0.2) is 0 Å². The number of amides is 1. The number of hydrogen-bond acceptors (Lipinski definition) is 3. The highest BCUT2D eigenvalue weighted by Crippen LogP contribution is 2.58. The zero-order valence-electron chi connectivity index (χ0n) is 17.5. The lowest BCUT2D eigenvalue weighted by molar-refractivity contribution is -0.163. The van der Waals surface area contributed by atoms with Gasteiger partial charge < -0.3 is 14.1 Å². The summed E-state index contributed by atoms with van der Waals surface area (Å²) in [4.78, 5) is 13.7. The van der Waals surface area contributed by atoms with Crippen molar-refractivity contribution in [1.29, 1.82) is 0 Å². The lowest BCUT2D eigenvalue weighted by atomic mass is 9.58. The monoisotopic (exact) mass is 381 g/mol. The van der Waals surface area contributed by atoms with Gasteiger partial charge in [0.25, 0.3) is 0 Å². The molecule has 2 atom stereocenters. The van der Waals surface area contributed by atoms with Crippen molar-refractivity contribution in [2.24, 2.45) is 16.7 Å². The standard InChI is InChI=1S/C24H31NO3/c1-15-5-6-17-18-12-23(3,4)19-13-24(7-9-25(10-8-24)16(2)26)14-27-22(19)21(18)28-20(17)11-15/h5-6,11,19,22H,7-10,12-14H2,1-4H3/t19-,22-/m0/s1. The predicted octanol–water partition coefficient (Wildman–Crippen LogP) is 5.03. The Balaban J connectivity index is 1.47. The van der Waals surface area contributed by atoms with Crippen LogP contribution in [0, 0.1) is 23.7 Å². The summed E-state index contributed by atoms with van der Waals surface area (Å²) >= 11 is 0. The largest absolute Gasteiger partial charge is 0.458 e. The zero-order chi connectivity index (χ0) is 19.7. The van der Waals surface area contributed by atoms with Crippen molar-refractivity contribution in [3.63, 3.8) is 0 Å². The van der Waals surface area contributed by atoms with Crippen LogP contribution >= 0.6 is 0 Å². The molecule has 1 spiro atoms. The second-order valence-electron chi connectivity index (χ2n) is 10.2. The van der Waals surface area contributed by atoms with Crippen LogP contribution in [0.25, 0.3) is 11.0 Å². The van der Waals surface area contributed by atoms with Gasteiger partial charge in [0.05, 0.1) is 6.61 Å². The number of furan rings is 1. The highest BCUT2D eigenvalue weighted by molar-refractivity contribution is 5.83.